The minimum atomic E-state index is -0.591. The van der Waals surface area contributed by atoms with Crippen LogP contribution in [0.15, 0.2) is 102 Å². The highest BCUT2D eigenvalue weighted by Gasteiger charge is 2.22. The van der Waals surface area contributed by atoms with Crippen LogP contribution in [0.2, 0.25) is 5.02 Å². The van der Waals surface area contributed by atoms with Crippen LogP contribution in [0.3, 0.4) is 0 Å². The normalized spacial score (nSPS) is 11.5. The fraction of sp³-hybridized carbons (Fsp3) is 0.103. The van der Waals surface area contributed by atoms with Crippen LogP contribution in [0.25, 0.3) is 16.9 Å². The molecule has 0 radical (unpaired) electrons. The van der Waals surface area contributed by atoms with Gasteiger partial charge >= 0.3 is 0 Å². The molecule has 0 saturated carbocycles. The quantitative estimate of drug-likeness (QED) is 0.176. The van der Waals surface area contributed by atoms with Crippen molar-refractivity contribution >= 4 is 17.4 Å². The summed E-state index contributed by atoms with van der Waals surface area (Å²) in [4.78, 5) is 27.1. The molecule has 6 heteroatoms. The van der Waals surface area contributed by atoms with Gasteiger partial charge in [0.2, 0.25) is 0 Å². The third-order valence-corrected chi connectivity index (χ3v) is 6.00. The van der Waals surface area contributed by atoms with Crippen molar-refractivity contribution in [3.05, 3.63) is 135 Å². The molecule has 0 bridgehead atoms. The topological polar surface area (TPSA) is 59.3 Å². The predicted octanol–water partition coefficient (Wildman–Crippen LogP) is 6.86. The first kappa shape index (κ1) is 24.2. The van der Waals surface area contributed by atoms with Gasteiger partial charge in [0.15, 0.2) is 5.78 Å². The Morgan fingerprint density at radius 2 is 1.74 bits per heavy atom. The summed E-state index contributed by atoms with van der Waals surface area (Å²) in [5.74, 6) is -1.08. The highest BCUT2D eigenvalue weighted by molar-refractivity contribution is 6.30. The number of Topliss-reactive ketones (excluding diaryl/α,β-unsaturated/α-hetero) is 1. The Morgan fingerprint density at radius 1 is 1.00 bits per heavy atom. The van der Waals surface area contributed by atoms with Crippen molar-refractivity contribution in [1.82, 2.24) is 4.57 Å². The lowest BCUT2D eigenvalue weighted by Gasteiger charge is -2.18. The number of aliphatic hydroxyl groups excluding tert-OH is 1. The SMILES string of the molecule is Cc1cc(C(=O)C(=CO)CCc2cccc(Cl)c2)c(=O)n(-c2cccc(F)c2)c1-c1ccccc1. The van der Waals surface area contributed by atoms with E-state index in [1.54, 1.807) is 25.1 Å². The zero-order chi connectivity index (χ0) is 24.9. The molecule has 0 amide bonds. The summed E-state index contributed by atoms with van der Waals surface area (Å²) in [6, 6.07) is 23.7. The van der Waals surface area contributed by atoms with Gasteiger partial charge in [-0.25, -0.2) is 4.39 Å². The summed E-state index contributed by atoms with van der Waals surface area (Å²) in [5.41, 5.74) is 2.59. The number of carbonyl (C=O) groups excluding carboxylic acids is 1. The number of aryl methyl sites for hydroxylation is 2. The van der Waals surface area contributed by atoms with Gasteiger partial charge in [0.25, 0.3) is 5.56 Å². The Labute approximate surface area is 207 Å². The molecule has 0 fully saturated rings. The molecule has 0 aliphatic heterocycles. The number of benzene rings is 3. The molecule has 3 aromatic carbocycles. The van der Waals surface area contributed by atoms with Crippen LogP contribution < -0.4 is 5.56 Å². The molecule has 4 aromatic rings. The largest absolute Gasteiger partial charge is 0.515 e. The lowest BCUT2D eigenvalue weighted by Crippen LogP contribution is -2.28. The van der Waals surface area contributed by atoms with E-state index in [1.807, 2.05) is 42.5 Å². The Hall–Kier alpha value is -3.96. The van der Waals surface area contributed by atoms with E-state index >= 15 is 0 Å². The number of hydrogen-bond acceptors (Lipinski definition) is 3. The van der Waals surface area contributed by atoms with Crippen LogP contribution in [0, 0.1) is 12.7 Å². The summed E-state index contributed by atoms with van der Waals surface area (Å²) in [6.45, 7) is 1.79. The number of halogens is 2. The smallest absolute Gasteiger partial charge is 0.266 e. The molecule has 1 N–H and O–H groups in total. The van der Waals surface area contributed by atoms with Crippen LogP contribution in [0.4, 0.5) is 4.39 Å². The predicted molar refractivity (Wildman–Crippen MR) is 137 cm³/mol. The Balaban J connectivity index is 1.81. The van der Waals surface area contributed by atoms with Crippen molar-refractivity contribution < 1.29 is 14.3 Å². The van der Waals surface area contributed by atoms with E-state index in [0.29, 0.717) is 28.4 Å². The Kier molecular flexibility index (Phi) is 7.28. The van der Waals surface area contributed by atoms with Crippen LogP contribution >= 0.6 is 11.6 Å². The van der Waals surface area contributed by atoms with E-state index in [0.717, 1.165) is 17.4 Å². The van der Waals surface area contributed by atoms with Crippen LogP contribution in [-0.2, 0) is 6.42 Å². The first-order chi connectivity index (χ1) is 16.9. The fourth-order valence-corrected chi connectivity index (χ4v) is 4.32. The fourth-order valence-electron chi connectivity index (χ4n) is 4.10. The number of aromatic nitrogens is 1. The number of rotatable bonds is 7. The number of carbonyl (C=O) groups is 1. The first-order valence-corrected chi connectivity index (χ1v) is 11.5. The van der Waals surface area contributed by atoms with Crippen LogP contribution in [0.1, 0.15) is 27.9 Å². The van der Waals surface area contributed by atoms with Crippen LogP contribution in [0.5, 0.6) is 0 Å². The molecule has 1 aromatic heterocycles. The summed E-state index contributed by atoms with van der Waals surface area (Å²) in [7, 11) is 0. The minimum Gasteiger partial charge on any atom is -0.515 e. The van der Waals surface area contributed by atoms with Gasteiger partial charge in [0, 0.05) is 10.6 Å². The molecular weight excluding hydrogens is 465 g/mol. The third kappa shape index (κ3) is 5.26. The number of allylic oxidation sites excluding steroid dienone is 1. The van der Waals surface area contributed by atoms with Crippen molar-refractivity contribution in [2.45, 2.75) is 19.8 Å². The molecule has 176 valence electrons. The lowest BCUT2D eigenvalue weighted by molar-refractivity contribution is 0.102. The maximum atomic E-state index is 14.1. The van der Waals surface area contributed by atoms with Crippen molar-refractivity contribution in [3.8, 4) is 16.9 Å². The molecule has 4 nitrogen and oxygen atoms in total. The molecule has 1 heterocycles. The first-order valence-electron chi connectivity index (χ1n) is 11.1. The summed E-state index contributed by atoms with van der Waals surface area (Å²) in [6.07, 6.45) is 1.42. The number of aliphatic hydroxyl groups is 1. The second-order valence-corrected chi connectivity index (χ2v) is 8.63. The molecule has 0 unspecified atom stereocenters. The van der Waals surface area contributed by atoms with E-state index in [9.17, 15) is 19.1 Å². The maximum absolute atomic E-state index is 14.1. The number of hydrogen-bond donors (Lipinski definition) is 1. The van der Waals surface area contributed by atoms with Gasteiger partial charge in [-0.15, -0.1) is 0 Å². The second kappa shape index (κ2) is 10.5. The van der Waals surface area contributed by atoms with Gasteiger partial charge < -0.3 is 5.11 Å². The Morgan fingerprint density at radius 3 is 2.43 bits per heavy atom. The van der Waals surface area contributed by atoms with E-state index in [1.165, 1.54) is 28.8 Å². The summed E-state index contributed by atoms with van der Waals surface area (Å²) >= 11 is 6.04. The highest BCUT2D eigenvalue weighted by Crippen LogP contribution is 2.27. The van der Waals surface area contributed by atoms with E-state index in [-0.39, 0.29) is 17.6 Å². The van der Waals surface area contributed by atoms with Gasteiger partial charge in [-0.3, -0.25) is 14.2 Å². The molecule has 4 rings (SSSR count). The second-order valence-electron chi connectivity index (χ2n) is 8.19. The molecule has 0 aliphatic carbocycles. The van der Waals surface area contributed by atoms with Gasteiger partial charge in [0.1, 0.15) is 5.82 Å². The summed E-state index contributed by atoms with van der Waals surface area (Å²) < 4.78 is 15.5. The Bertz CT molecular complexity index is 1480. The molecular formula is C29H23ClFNO3. The number of pyridine rings is 1. The van der Waals surface area contributed by atoms with E-state index in [2.05, 4.69) is 0 Å². The maximum Gasteiger partial charge on any atom is 0.266 e. The highest BCUT2D eigenvalue weighted by atomic mass is 35.5. The van der Waals surface area contributed by atoms with Crippen molar-refractivity contribution in [2.24, 2.45) is 0 Å². The van der Waals surface area contributed by atoms with Crippen LogP contribution in [-0.4, -0.2) is 15.5 Å². The van der Waals surface area contributed by atoms with E-state index < -0.39 is 17.2 Å². The lowest BCUT2D eigenvalue weighted by atomic mass is 9.96. The van der Waals surface area contributed by atoms with Gasteiger partial charge in [-0.05, 0) is 72.9 Å². The molecule has 35 heavy (non-hydrogen) atoms. The third-order valence-electron chi connectivity index (χ3n) is 5.77. The molecule has 0 spiro atoms. The average molecular weight is 488 g/mol. The van der Waals surface area contributed by atoms with Crippen molar-refractivity contribution in [1.29, 1.82) is 0 Å². The van der Waals surface area contributed by atoms with Gasteiger partial charge in [-0.2, -0.15) is 0 Å². The van der Waals surface area contributed by atoms with Crippen molar-refractivity contribution in [2.75, 3.05) is 0 Å². The average Bonchev–Trinajstić information content (AvgIpc) is 2.85. The zero-order valence-electron chi connectivity index (χ0n) is 19.0. The molecule has 0 aliphatic rings. The van der Waals surface area contributed by atoms with Crippen molar-refractivity contribution in [3.63, 3.8) is 0 Å². The minimum absolute atomic E-state index is 0.0970. The molecule has 0 saturated heterocycles. The number of nitrogens with zero attached hydrogens (tertiary/aromatic N) is 1. The monoisotopic (exact) mass is 487 g/mol. The molecule has 0 atom stereocenters. The van der Waals surface area contributed by atoms with Gasteiger partial charge in [-0.1, -0.05) is 60.1 Å². The zero-order valence-corrected chi connectivity index (χ0v) is 19.8. The summed E-state index contributed by atoms with van der Waals surface area (Å²) in [5, 5.41) is 10.4. The van der Waals surface area contributed by atoms with Gasteiger partial charge in [0.05, 0.1) is 23.2 Å². The number of ketones is 1. The standard InChI is InChI=1S/C29H23ClFNO3/c1-19-15-26(28(34)22(18-33)14-13-20-7-5-10-23(30)16-20)29(35)32(25-12-6-11-24(31)17-25)27(19)21-8-3-2-4-9-21/h2-12,15-18,33H,13-14H2,1H3. The van der Waals surface area contributed by atoms with E-state index in [4.69, 9.17) is 11.6 Å².